The first-order valence-corrected chi connectivity index (χ1v) is 7.93. The maximum Gasteiger partial charge on any atom is 0.407 e. The number of nitrogens with one attached hydrogen (secondary N) is 1. The monoisotopic (exact) mass is 347 g/mol. The van der Waals surface area contributed by atoms with Gasteiger partial charge in [0.25, 0.3) is 0 Å². The van der Waals surface area contributed by atoms with Crippen LogP contribution in [-0.4, -0.2) is 32.9 Å². The number of hydrogen-bond donors (Lipinski definition) is 1. The molecule has 0 radical (unpaired) electrons. The van der Waals surface area contributed by atoms with Crippen LogP contribution in [0, 0.1) is 5.92 Å². The number of methoxy groups -OCH3 is 2. The van der Waals surface area contributed by atoms with Crippen molar-refractivity contribution in [3.05, 3.63) is 54.6 Å². The Morgan fingerprint density at radius 3 is 2.72 bits per heavy atom. The number of ether oxygens (including phenoxy) is 3. The molecular formula is C19H25NO5. The van der Waals surface area contributed by atoms with E-state index in [2.05, 4.69) is 16.6 Å². The van der Waals surface area contributed by atoms with Crippen LogP contribution in [0.3, 0.4) is 0 Å². The number of rotatable bonds is 9. The Labute approximate surface area is 148 Å². The number of esters is 1. The van der Waals surface area contributed by atoms with E-state index in [1.807, 2.05) is 37.3 Å². The molecule has 1 amide bonds. The molecule has 0 fully saturated rings. The maximum absolute atomic E-state index is 12.0. The summed E-state index contributed by atoms with van der Waals surface area (Å²) in [7, 11) is 2.93. The summed E-state index contributed by atoms with van der Waals surface area (Å²) in [5.74, 6) is 0.280. The van der Waals surface area contributed by atoms with Crippen LogP contribution in [0.15, 0.2) is 49.1 Å². The molecule has 0 aliphatic heterocycles. The highest BCUT2D eigenvalue weighted by Crippen LogP contribution is 2.26. The lowest BCUT2D eigenvalue weighted by Crippen LogP contribution is -2.32. The van der Waals surface area contributed by atoms with E-state index in [1.54, 1.807) is 13.2 Å². The Morgan fingerprint density at radius 2 is 2.08 bits per heavy atom. The van der Waals surface area contributed by atoms with E-state index in [0.29, 0.717) is 5.75 Å². The van der Waals surface area contributed by atoms with E-state index in [9.17, 15) is 9.59 Å². The van der Waals surface area contributed by atoms with Gasteiger partial charge in [-0.05, 0) is 23.6 Å². The van der Waals surface area contributed by atoms with E-state index in [4.69, 9.17) is 9.47 Å². The van der Waals surface area contributed by atoms with Gasteiger partial charge in [0.15, 0.2) is 0 Å². The van der Waals surface area contributed by atoms with Crippen molar-refractivity contribution in [1.82, 2.24) is 5.32 Å². The van der Waals surface area contributed by atoms with Crippen molar-refractivity contribution < 1.29 is 23.8 Å². The van der Waals surface area contributed by atoms with Gasteiger partial charge in [0.2, 0.25) is 0 Å². The van der Waals surface area contributed by atoms with Gasteiger partial charge in [-0.3, -0.25) is 4.79 Å². The Balaban J connectivity index is 2.94. The largest absolute Gasteiger partial charge is 0.497 e. The first-order chi connectivity index (χ1) is 12.0. The lowest BCUT2D eigenvalue weighted by molar-refractivity contribution is -0.139. The van der Waals surface area contributed by atoms with Gasteiger partial charge in [-0.1, -0.05) is 43.9 Å². The molecule has 0 aliphatic carbocycles. The van der Waals surface area contributed by atoms with Gasteiger partial charge < -0.3 is 19.5 Å². The van der Waals surface area contributed by atoms with Crippen molar-refractivity contribution >= 4 is 12.1 Å². The minimum atomic E-state index is -0.541. The maximum atomic E-state index is 12.0. The molecule has 0 aliphatic rings. The van der Waals surface area contributed by atoms with Gasteiger partial charge >= 0.3 is 12.1 Å². The van der Waals surface area contributed by atoms with Crippen molar-refractivity contribution in [2.24, 2.45) is 5.92 Å². The molecule has 0 heterocycles. The molecule has 25 heavy (non-hydrogen) atoms. The zero-order valence-electron chi connectivity index (χ0n) is 14.9. The fourth-order valence-corrected chi connectivity index (χ4v) is 2.23. The normalized spacial score (nSPS) is 12.9. The lowest BCUT2D eigenvalue weighted by Gasteiger charge is -2.23. The van der Waals surface area contributed by atoms with Crippen molar-refractivity contribution in [3.63, 3.8) is 0 Å². The summed E-state index contributed by atoms with van der Waals surface area (Å²) in [6, 6.07) is 7.08. The topological polar surface area (TPSA) is 73.9 Å². The number of hydrogen-bond acceptors (Lipinski definition) is 5. The molecule has 1 rings (SSSR count). The van der Waals surface area contributed by atoms with Crippen LogP contribution in [0.5, 0.6) is 5.75 Å². The third-order valence-electron chi connectivity index (χ3n) is 3.54. The van der Waals surface area contributed by atoms with Crippen LogP contribution in [0.1, 0.15) is 24.9 Å². The number of carbonyl (C=O) groups is 2. The number of benzene rings is 1. The standard InChI is InChI=1S/C19H25NO5/c1-5-12-25-19(22)20-18(14(2)8-6-11-17(21)24-4)15-9-7-10-16(13-15)23-3/h5-10,13-14,18H,1,11-12H2,2-4H3,(H,20,22)/t14-,18+/m1/s1. The van der Waals surface area contributed by atoms with Gasteiger partial charge in [0, 0.05) is 0 Å². The van der Waals surface area contributed by atoms with Gasteiger partial charge in [0.1, 0.15) is 12.4 Å². The van der Waals surface area contributed by atoms with Gasteiger partial charge in [-0.25, -0.2) is 4.79 Å². The first-order valence-electron chi connectivity index (χ1n) is 7.93. The van der Waals surface area contributed by atoms with Gasteiger partial charge in [-0.15, -0.1) is 0 Å². The zero-order valence-corrected chi connectivity index (χ0v) is 14.9. The fourth-order valence-electron chi connectivity index (χ4n) is 2.23. The van der Waals surface area contributed by atoms with E-state index in [1.165, 1.54) is 13.2 Å². The van der Waals surface area contributed by atoms with Crippen molar-refractivity contribution in [3.8, 4) is 5.75 Å². The summed E-state index contributed by atoms with van der Waals surface area (Å²) >= 11 is 0. The number of amides is 1. The fraction of sp³-hybridized carbons (Fsp3) is 0.368. The smallest absolute Gasteiger partial charge is 0.407 e. The van der Waals surface area contributed by atoms with Crippen molar-refractivity contribution in [2.45, 2.75) is 19.4 Å². The predicted octanol–water partition coefficient (Wildman–Crippen LogP) is 3.40. The molecule has 0 aromatic heterocycles. The van der Waals surface area contributed by atoms with Gasteiger partial charge in [-0.2, -0.15) is 0 Å². The highest BCUT2D eigenvalue weighted by atomic mass is 16.5. The third kappa shape index (κ3) is 7.12. The quantitative estimate of drug-likeness (QED) is 0.547. The first kappa shape index (κ1) is 20.3. The van der Waals surface area contributed by atoms with E-state index >= 15 is 0 Å². The Morgan fingerprint density at radius 1 is 1.32 bits per heavy atom. The van der Waals surface area contributed by atoms with Crippen LogP contribution in [-0.2, 0) is 14.3 Å². The van der Waals surface area contributed by atoms with E-state index in [0.717, 1.165) is 5.56 Å². The molecular weight excluding hydrogens is 322 g/mol. The summed E-state index contributed by atoms with van der Waals surface area (Å²) in [6.07, 6.45) is 4.71. The second kappa shape index (κ2) is 10.9. The third-order valence-corrected chi connectivity index (χ3v) is 3.54. The second-order valence-corrected chi connectivity index (χ2v) is 5.35. The molecule has 1 aromatic carbocycles. The SMILES string of the molecule is C=CCOC(=O)N[C@H](c1cccc(OC)c1)[C@H](C)C=CCC(=O)OC. The Bertz CT molecular complexity index is 612. The van der Waals surface area contributed by atoms with Crippen LogP contribution in [0.4, 0.5) is 4.79 Å². The highest BCUT2D eigenvalue weighted by molar-refractivity contribution is 5.71. The minimum Gasteiger partial charge on any atom is -0.497 e. The second-order valence-electron chi connectivity index (χ2n) is 5.35. The van der Waals surface area contributed by atoms with Crippen LogP contribution < -0.4 is 10.1 Å². The molecule has 0 unspecified atom stereocenters. The van der Waals surface area contributed by atoms with Crippen LogP contribution in [0.25, 0.3) is 0 Å². The van der Waals surface area contributed by atoms with Crippen molar-refractivity contribution in [2.75, 3.05) is 20.8 Å². The zero-order chi connectivity index (χ0) is 18.7. The Hall–Kier alpha value is -2.76. The Kier molecular flexibility index (Phi) is 8.85. The summed E-state index contributed by atoms with van der Waals surface area (Å²) in [6.45, 7) is 5.58. The summed E-state index contributed by atoms with van der Waals surface area (Å²) < 4.78 is 14.9. The molecule has 1 aromatic rings. The van der Waals surface area contributed by atoms with Gasteiger partial charge in [0.05, 0.1) is 26.7 Å². The van der Waals surface area contributed by atoms with E-state index in [-0.39, 0.29) is 31.0 Å². The molecule has 0 saturated carbocycles. The summed E-state index contributed by atoms with van der Waals surface area (Å²) in [5.41, 5.74) is 0.866. The molecule has 6 nitrogen and oxygen atoms in total. The van der Waals surface area contributed by atoms with Crippen LogP contribution in [0.2, 0.25) is 0 Å². The summed E-state index contributed by atoms with van der Waals surface area (Å²) in [5, 5.41) is 2.84. The number of alkyl carbamates (subject to hydrolysis) is 1. The number of carbonyl (C=O) groups excluding carboxylic acids is 2. The van der Waals surface area contributed by atoms with Crippen LogP contribution >= 0.6 is 0 Å². The molecule has 1 N–H and O–H groups in total. The molecule has 136 valence electrons. The molecule has 2 atom stereocenters. The summed E-state index contributed by atoms with van der Waals surface area (Å²) in [4.78, 5) is 23.2. The average molecular weight is 347 g/mol. The molecule has 6 heteroatoms. The highest BCUT2D eigenvalue weighted by Gasteiger charge is 2.21. The minimum absolute atomic E-state index is 0.0898. The average Bonchev–Trinajstić information content (AvgIpc) is 2.63. The molecule has 0 saturated heterocycles. The van der Waals surface area contributed by atoms with E-state index < -0.39 is 6.09 Å². The van der Waals surface area contributed by atoms with Crippen molar-refractivity contribution in [1.29, 1.82) is 0 Å². The molecule has 0 bridgehead atoms. The predicted molar refractivity (Wildman–Crippen MR) is 95.4 cm³/mol. The molecule has 0 spiro atoms. The lowest BCUT2D eigenvalue weighted by atomic mass is 9.93.